The van der Waals surface area contributed by atoms with Crippen LogP contribution in [0.5, 0.6) is 23.0 Å². The van der Waals surface area contributed by atoms with Crippen LogP contribution in [-0.2, 0) is 0 Å². The summed E-state index contributed by atoms with van der Waals surface area (Å²) in [5.74, 6) is -1.24. The van der Waals surface area contributed by atoms with Crippen molar-refractivity contribution in [2.75, 3.05) is 6.54 Å². The molecule has 0 radical (unpaired) electrons. The summed E-state index contributed by atoms with van der Waals surface area (Å²) >= 11 is 0. The molecule has 2 atom stereocenters. The van der Waals surface area contributed by atoms with E-state index in [-0.39, 0.29) is 35.8 Å². The van der Waals surface area contributed by atoms with Crippen LogP contribution in [0.25, 0.3) is 0 Å². The van der Waals surface area contributed by atoms with Crippen LogP contribution in [0.15, 0.2) is 36.4 Å². The second-order valence-corrected chi connectivity index (χ2v) is 7.90. The van der Waals surface area contributed by atoms with Gasteiger partial charge in [0.25, 0.3) is 0 Å². The van der Waals surface area contributed by atoms with Gasteiger partial charge < -0.3 is 42.1 Å². The fourth-order valence-electron chi connectivity index (χ4n) is 3.59. The highest BCUT2D eigenvalue weighted by atomic mass is 16.3. The van der Waals surface area contributed by atoms with Gasteiger partial charge in [-0.2, -0.15) is 0 Å². The van der Waals surface area contributed by atoms with Gasteiger partial charge >= 0.3 is 0 Å². The molecule has 0 saturated carbocycles. The van der Waals surface area contributed by atoms with Gasteiger partial charge in [0.2, 0.25) is 0 Å². The lowest BCUT2D eigenvalue weighted by atomic mass is 9.80. The zero-order valence-electron chi connectivity index (χ0n) is 16.9. The fourth-order valence-corrected chi connectivity index (χ4v) is 3.59. The SMILES string of the molecule is NCCCCCC(N)(CC(O)c1ccc(O)c(O)c1)CC(O)c1ccc(O)c(O)c1. The number of rotatable bonds is 11. The van der Waals surface area contributed by atoms with Crippen molar-refractivity contribution < 1.29 is 30.6 Å². The Balaban J connectivity index is 2.18. The molecular formula is C22H32N2O6. The van der Waals surface area contributed by atoms with Crippen molar-refractivity contribution in [1.29, 1.82) is 0 Å². The Bertz CT molecular complexity index is 770. The van der Waals surface area contributed by atoms with Crippen molar-refractivity contribution in [3.8, 4) is 23.0 Å². The van der Waals surface area contributed by atoms with E-state index in [2.05, 4.69) is 0 Å². The predicted octanol–water partition coefficient (Wildman–Crippen LogP) is 2.27. The summed E-state index contributed by atoms with van der Waals surface area (Å²) in [6, 6.07) is 8.15. The molecule has 10 N–H and O–H groups in total. The van der Waals surface area contributed by atoms with Gasteiger partial charge in [0.05, 0.1) is 12.2 Å². The maximum Gasteiger partial charge on any atom is 0.157 e. The van der Waals surface area contributed by atoms with Crippen molar-refractivity contribution in [2.45, 2.75) is 56.3 Å². The number of phenolic OH excluding ortho intramolecular Hbond substituents is 4. The molecule has 0 aliphatic heterocycles. The van der Waals surface area contributed by atoms with Gasteiger partial charge in [-0.05, 0) is 67.6 Å². The Labute approximate surface area is 176 Å². The third kappa shape index (κ3) is 6.50. The van der Waals surface area contributed by atoms with Crippen molar-refractivity contribution in [2.24, 2.45) is 11.5 Å². The third-order valence-corrected chi connectivity index (χ3v) is 5.35. The molecule has 0 heterocycles. The highest BCUT2D eigenvalue weighted by molar-refractivity contribution is 5.42. The van der Waals surface area contributed by atoms with Crippen LogP contribution in [0.1, 0.15) is 61.9 Å². The van der Waals surface area contributed by atoms with Gasteiger partial charge in [0.15, 0.2) is 23.0 Å². The molecule has 30 heavy (non-hydrogen) atoms. The average Bonchev–Trinajstić information content (AvgIpc) is 2.69. The van der Waals surface area contributed by atoms with Crippen molar-refractivity contribution in [1.82, 2.24) is 0 Å². The minimum Gasteiger partial charge on any atom is -0.504 e. The van der Waals surface area contributed by atoms with E-state index in [1.807, 2.05) is 0 Å². The number of hydrogen-bond acceptors (Lipinski definition) is 8. The lowest BCUT2D eigenvalue weighted by molar-refractivity contribution is 0.0824. The Morgan fingerprint density at radius 1 is 0.700 bits per heavy atom. The van der Waals surface area contributed by atoms with E-state index in [1.165, 1.54) is 36.4 Å². The number of nitrogens with two attached hydrogens (primary N) is 2. The van der Waals surface area contributed by atoms with Gasteiger partial charge in [-0.3, -0.25) is 0 Å². The van der Waals surface area contributed by atoms with Crippen LogP contribution in [0.4, 0.5) is 0 Å². The van der Waals surface area contributed by atoms with E-state index in [0.717, 1.165) is 19.3 Å². The third-order valence-electron chi connectivity index (χ3n) is 5.35. The Morgan fingerprint density at radius 3 is 1.57 bits per heavy atom. The fraction of sp³-hybridized carbons (Fsp3) is 0.455. The standard InChI is InChI=1S/C22H32N2O6/c23-9-3-1-2-8-22(24,12-20(29)14-4-6-16(25)18(27)10-14)13-21(30)15-5-7-17(26)19(28)11-15/h4-7,10-11,20-21,25-30H,1-3,8-9,12-13,23-24H2. The number of aromatic hydroxyl groups is 4. The normalized spacial score (nSPS) is 15.5. The summed E-state index contributed by atoms with van der Waals surface area (Å²) in [7, 11) is 0. The largest absolute Gasteiger partial charge is 0.504 e. The topological polar surface area (TPSA) is 173 Å². The maximum atomic E-state index is 10.7. The Kier molecular flexibility index (Phi) is 8.31. The van der Waals surface area contributed by atoms with Gasteiger partial charge in [-0.15, -0.1) is 0 Å². The summed E-state index contributed by atoms with van der Waals surface area (Å²) in [5, 5.41) is 59.7. The zero-order valence-corrected chi connectivity index (χ0v) is 16.9. The lowest BCUT2D eigenvalue weighted by Gasteiger charge is -2.34. The van der Waals surface area contributed by atoms with Crippen LogP contribution >= 0.6 is 0 Å². The van der Waals surface area contributed by atoms with E-state index in [4.69, 9.17) is 11.5 Å². The summed E-state index contributed by atoms with van der Waals surface area (Å²) < 4.78 is 0. The first-order chi connectivity index (χ1) is 14.1. The van der Waals surface area contributed by atoms with E-state index in [9.17, 15) is 30.6 Å². The van der Waals surface area contributed by atoms with E-state index < -0.39 is 17.7 Å². The molecule has 2 rings (SSSR count). The van der Waals surface area contributed by atoms with Crippen LogP contribution in [0, 0.1) is 0 Å². The average molecular weight is 421 g/mol. The molecule has 0 saturated heterocycles. The number of benzene rings is 2. The molecule has 0 bridgehead atoms. The van der Waals surface area contributed by atoms with E-state index in [0.29, 0.717) is 24.1 Å². The van der Waals surface area contributed by atoms with Crippen LogP contribution in [0.2, 0.25) is 0 Å². The number of phenols is 4. The van der Waals surface area contributed by atoms with Crippen molar-refractivity contribution in [3.05, 3.63) is 47.5 Å². The first kappa shape index (κ1) is 23.8. The maximum absolute atomic E-state index is 10.7. The quantitative estimate of drug-likeness (QED) is 0.202. The molecule has 8 nitrogen and oxygen atoms in total. The summed E-state index contributed by atoms with van der Waals surface area (Å²) in [6.07, 6.45) is 1.18. The lowest BCUT2D eigenvalue weighted by Crippen LogP contribution is -2.43. The van der Waals surface area contributed by atoms with Crippen molar-refractivity contribution >= 4 is 0 Å². The van der Waals surface area contributed by atoms with Gasteiger partial charge in [-0.25, -0.2) is 0 Å². The first-order valence-corrected chi connectivity index (χ1v) is 10.0. The van der Waals surface area contributed by atoms with Crippen molar-refractivity contribution in [3.63, 3.8) is 0 Å². The molecule has 0 aromatic heterocycles. The van der Waals surface area contributed by atoms with Gasteiger partial charge in [0, 0.05) is 5.54 Å². The summed E-state index contributed by atoms with van der Waals surface area (Å²) in [4.78, 5) is 0. The number of unbranched alkanes of at least 4 members (excludes halogenated alkanes) is 2. The van der Waals surface area contributed by atoms with Crippen LogP contribution in [-0.4, -0.2) is 42.7 Å². The number of aliphatic hydroxyl groups is 2. The van der Waals surface area contributed by atoms with E-state index in [1.54, 1.807) is 0 Å². The predicted molar refractivity (Wildman–Crippen MR) is 113 cm³/mol. The summed E-state index contributed by atoms with van der Waals surface area (Å²) in [6.45, 7) is 0.572. The molecule has 8 heteroatoms. The van der Waals surface area contributed by atoms with Gasteiger partial charge in [0.1, 0.15) is 0 Å². The summed E-state index contributed by atoms with van der Waals surface area (Å²) in [5.41, 5.74) is 12.0. The van der Waals surface area contributed by atoms with E-state index >= 15 is 0 Å². The first-order valence-electron chi connectivity index (χ1n) is 10.0. The molecule has 0 aliphatic carbocycles. The molecular weight excluding hydrogens is 388 g/mol. The highest BCUT2D eigenvalue weighted by Gasteiger charge is 2.32. The molecule has 0 amide bonds. The molecule has 0 spiro atoms. The second kappa shape index (κ2) is 10.5. The minimum absolute atomic E-state index is 0.112. The molecule has 0 aliphatic rings. The molecule has 166 valence electrons. The second-order valence-electron chi connectivity index (χ2n) is 7.90. The van der Waals surface area contributed by atoms with Gasteiger partial charge in [-0.1, -0.05) is 25.0 Å². The zero-order chi connectivity index (χ0) is 22.3. The molecule has 0 fully saturated rings. The molecule has 2 aromatic carbocycles. The number of hydrogen-bond donors (Lipinski definition) is 8. The number of aliphatic hydroxyl groups excluding tert-OH is 2. The molecule has 2 unspecified atom stereocenters. The highest BCUT2D eigenvalue weighted by Crippen LogP contribution is 2.37. The monoisotopic (exact) mass is 420 g/mol. The Hall–Kier alpha value is -2.52. The van der Waals surface area contributed by atoms with Crippen LogP contribution < -0.4 is 11.5 Å². The van der Waals surface area contributed by atoms with Crippen LogP contribution in [0.3, 0.4) is 0 Å². The molecule has 2 aromatic rings. The smallest absolute Gasteiger partial charge is 0.157 e. The Morgan fingerprint density at radius 2 is 1.17 bits per heavy atom. The minimum atomic E-state index is -1.02.